The van der Waals surface area contributed by atoms with E-state index in [1.54, 1.807) is 0 Å². The predicted octanol–water partition coefficient (Wildman–Crippen LogP) is 2.85. The van der Waals surface area contributed by atoms with Crippen LogP contribution in [0, 0.1) is 0 Å². The molecule has 2 heterocycles. The molecule has 1 aliphatic heterocycles. The van der Waals surface area contributed by atoms with Gasteiger partial charge in [0.25, 0.3) is 0 Å². The average Bonchev–Trinajstić information content (AvgIpc) is 2.61. The lowest BCUT2D eigenvalue weighted by molar-refractivity contribution is 0.1000. The van der Waals surface area contributed by atoms with Crippen molar-refractivity contribution >= 4 is 22.4 Å². The molecule has 4 heteroatoms. The van der Waals surface area contributed by atoms with Crippen LogP contribution >= 0.6 is 0 Å². The van der Waals surface area contributed by atoms with Crippen LogP contribution in [-0.2, 0) is 0 Å². The highest BCUT2D eigenvalue weighted by molar-refractivity contribution is 6.16. The minimum absolute atomic E-state index is 0.0420. The lowest BCUT2D eigenvalue weighted by Gasteiger charge is -2.16. The molecule has 4 rings (SSSR count). The van der Waals surface area contributed by atoms with E-state index in [2.05, 4.69) is 16.0 Å². The largest absolute Gasteiger partial charge is 0.325 e. The molecule has 3 aromatic rings. The van der Waals surface area contributed by atoms with E-state index < -0.39 is 0 Å². The molecule has 112 valence electrons. The highest BCUT2D eigenvalue weighted by Gasteiger charge is 2.20. The van der Waals surface area contributed by atoms with Gasteiger partial charge in [-0.25, -0.2) is 0 Å². The second-order valence-electron chi connectivity index (χ2n) is 5.57. The van der Waals surface area contributed by atoms with Gasteiger partial charge in [0, 0.05) is 34.8 Å². The van der Waals surface area contributed by atoms with Crippen LogP contribution in [0.25, 0.3) is 22.0 Å². The Kier molecular flexibility index (Phi) is 3.24. The number of nitrogens with two attached hydrogens (primary N) is 1. The van der Waals surface area contributed by atoms with E-state index in [9.17, 15) is 4.79 Å². The van der Waals surface area contributed by atoms with Crippen molar-refractivity contribution in [1.29, 1.82) is 0 Å². The van der Waals surface area contributed by atoms with E-state index in [-0.39, 0.29) is 12.3 Å². The maximum Gasteiger partial charge on any atom is 0.184 e. The summed E-state index contributed by atoms with van der Waals surface area (Å²) in [5.74, 6) is 0.0420. The molecular weight excluding hydrogens is 286 g/mol. The number of aromatic nitrogens is 1. The van der Waals surface area contributed by atoms with Crippen LogP contribution in [-0.4, -0.2) is 29.6 Å². The molecule has 0 spiro atoms. The minimum atomic E-state index is 0.0420. The number of hydrogen-bond acceptors (Lipinski definition) is 4. The SMILES string of the molecule is NCC1=NCC(=O)c2ccc(-c3cnc4ccccc4c3)cc21. The Bertz CT molecular complexity index is 960. The van der Waals surface area contributed by atoms with Gasteiger partial charge in [-0.2, -0.15) is 0 Å². The van der Waals surface area contributed by atoms with E-state index in [4.69, 9.17) is 5.73 Å². The molecule has 0 unspecified atom stereocenters. The van der Waals surface area contributed by atoms with Crippen molar-refractivity contribution in [3.8, 4) is 11.1 Å². The van der Waals surface area contributed by atoms with Gasteiger partial charge in [0.1, 0.15) is 6.54 Å². The third kappa shape index (κ3) is 2.33. The molecule has 0 fully saturated rings. The molecule has 23 heavy (non-hydrogen) atoms. The van der Waals surface area contributed by atoms with Gasteiger partial charge in [0.05, 0.1) is 11.2 Å². The average molecular weight is 301 g/mol. The standard InChI is InChI=1S/C19H15N3O/c20-9-18-16-8-12(5-6-15(16)19(23)11-22-18)14-7-13-3-1-2-4-17(13)21-10-14/h1-8,10H,9,11,20H2. The third-order valence-electron chi connectivity index (χ3n) is 4.16. The summed E-state index contributed by atoms with van der Waals surface area (Å²) < 4.78 is 0. The minimum Gasteiger partial charge on any atom is -0.325 e. The highest BCUT2D eigenvalue weighted by Crippen LogP contribution is 2.26. The Hall–Kier alpha value is -2.85. The number of Topliss-reactive ketones (excluding diaryl/α,β-unsaturated/α-hetero) is 1. The van der Waals surface area contributed by atoms with Crippen LogP contribution < -0.4 is 5.73 Å². The fourth-order valence-corrected chi connectivity index (χ4v) is 2.95. The van der Waals surface area contributed by atoms with Gasteiger partial charge in [-0.15, -0.1) is 0 Å². The van der Waals surface area contributed by atoms with E-state index in [0.29, 0.717) is 12.1 Å². The van der Waals surface area contributed by atoms with Crippen molar-refractivity contribution in [2.24, 2.45) is 10.7 Å². The Labute approximate surface area is 133 Å². The van der Waals surface area contributed by atoms with Gasteiger partial charge in [-0.3, -0.25) is 14.8 Å². The molecule has 0 radical (unpaired) electrons. The van der Waals surface area contributed by atoms with Crippen LogP contribution in [0.1, 0.15) is 15.9 Å². The normalized spacial score (nSPS) is 13.8. The maximum absolute atomic E-state index is 12.0. The van der Waals surface area contributed by atoms with Crippen molar-refractivity contribution in [3.05, 3.63) is 65.9 Å². The second-order valence-corrected chi connectivity index (χ2v) is 5.57. The lowest BCUT2D eigenvalue weighted by atomic mass is 9.92. The van der Waals surface area contributed by atoms with Crippen LogP contribution in [0.15, 0.2) is 59.7 Å². The van der Waals surface area contributed by atoms with Crippen LogP contribution in [0.4, 0.5) is 0 Å². The number of para-hydroxylation sites is 1. The van der Waals surface area contributed by atoms with Crippen LogP contribution in [0.3, 0.4) is 0 Å². The Morgan fingerprint density at radius 3 is 2.74 bits per heavy atom. The number of ketones is 1. The second kappa shape index (κ2) is 5.41. The monoisotopic (exact) mass is 301 g/mol. The molecule has 0 aliphatic carbocycles. The van der Waals surface area contributed by atoms with Crippen LogP contribution in [0.5, 0.6) is 0 Å². The van der Waals surface area contributed by atoms with E-state index in [1.165, 1.54) is 0 Å². The number of fused-ring (bicyclic) bond motifs is 2. The lowest BCUT2D eigenvalue weighted by Crippen LogP contribution is -2.24. The first-order valence-corrected chi connectivity index (χ1v) is 7.52. The molecule has 4 nitrogen and oxygen atoms in total. The smallest absolute Gasteiger partial charge is 0.184 e. The number of benzene rings is 2. The third-order valence-corrected chi connectivity index (χ3v) is 4.16. The van der Waals surface area contributed by atoms with Crippen molar-refractivity contribution < 1.29 is 4.79 Å². The Morgan fingerprint density at radius 2 is 1.87 bits per heavy atom. The molecule has 1 aromatic heterocycles. The van der Waals surface area contributed by atoms with Gasteiger partial charge < -0.3 is 5.73 Å². The fraction of sp³-hybridized carbons (Fsp3) is 0.105. The quantitative estimate of drug-likeness (QED) is 0.791. The van der Waals surface area contributed by atoms with Crippen molar-refractivity contribution in [1.82, 2.24) is 4.98 Å². The summed E-state index contributed by atoms with van der Waals surface area (Å²) in [5.41, 5.74) is 11.1. The summed E-state index contributed by atoms with van der Waals surface area (Å²) in [5, 5.41) is 1.09. The summed E-state index contributed by atoms with van der Waals surface area (Å²) in [4.78, 5) is 20.8. The molecule has 0 saturated heterocycles. The van der Waals surface area contributed by atoms with Gasteiger partial charge in [-0.1, -0.05) is 30.3 Å². The van der Waals surface area contributed by atoms with E-state index in [1.807, 2.05) is 48.7 Å². The van der Waals surface area contributed by atoms with Gasteiger partial charge in [0.15, 0.2) is 5.78 Å². The first-order chi connectivity index (χ1) is 11.3. The topological polar surface area (TPSA) is 68.3 Å². The number of nitrogens with zero attached hydrogens (tertiary/aromatic N) is 2. The fourth-order valence-electron chi connectivity index (χ4n) is 2.95. The number of carbonyl (C=O) groups is 1. The predicted molar refractivity (Wildman–Crippen MR) is 92.0 cm³/mol. The first-order valence-electron chi connectivity index (χ1n) is 7.52. The number of pyridine rings is 1. The summed E-state index contributed by atoms with van der Waals surface area (Å²) in [6.07, 6.45) is 1.86. The number of carbonyl (C=O) groups excluding carboxylic acids is 1. The summed E-state index contributed by atoms with van der Waals surface area (Å²) in [6.45, 7) is 0.524. The zero-order chi connectivity index (χ0) is 15.8. The Balaban J connectivity index is 1.86. The molecule has 2 aromatic carbocycles. The summed E-state index contributed by atoms with van der Waals surface area (Å²) >= 11 is 0. The van der Waals surface area contributed by atoms with Crippen molar-refractivity contribution in [3.63, 3.8) is 0 Å². The summed E-state index contributed by atoms with van der Waals surface area (Å²) in [7, 11) is 0. The molecule has 0 amide bonds. The van der Waals surface area contributed by atoms with Crippen molar-refractivity contribution in [2.75, 3.05) is 13.1 Å². The zero-order valence-corrected chi connectivity index (χ0v) is 12.5. The number of rotatable bonds is 2. The summed E-state index contributed by atoms with van der Waals surface area (Å²) in [6, 6.07) is 15.9. The van der Waals surface area contributed by atoms with E-state index >= 15 is 0 Å². The van der Waals surface area contributed by atoms with Gasteiger partial charge >= 0.3 is 0 Å². The van der Waals surface area contributed by atoms with Crippen molar-refractivity contribution in [2.45, 2.75) is 0 Å². The van der Waals surface area contributed by atoms with Gasteiger partial charge in [-0.05, 0) is 23.8 Å². The molecule has 0 saturated carbocycles. The Morgan fingerprint density at radius 1 is 1.00 bits per heavy atom. The number of aliphatic imine (C=N–C) groups is 1. The highest BCUT2D eigenvalue weighted by atomic mass is 16.1. The maximum atomic E-state index is 12.0. The van der Waals surface area contributed by atoms with E-state index in [0.717, 1.165) is 33.3 Å². The van der Waals surface area contributed by atoms with Gasteiger partial charge in [0.2, 0.25) is 0 Å². The molecular formula is C19H15N3O. The molecule has 0 bridgehead atoms. The molecule has 2 N–H and O–H groups in total. The molecule has 0 atom stereocenters. The number of hydrogen-bond donors (Lipinski definition) is 1. The molecule has 1 aliphatic rings. The zero-order valence-electron chi connectivity index (χ0n) is 12.5. The first kappa shape index (κ1) is 13.8. The van der Waals surface area contributed by atoms with Crippen LogP contribution in [0.2, 0.25) is 0 Å².